The molecule has 4 heteroatoms. The highest BCUT2D eigenvalue weighted by molar-refractivity contribution is 6.05. The third-order valence-corrected chi connectivity index (χ3v) is 5.14. The second kappa shape index (κ2) is 8.07. The Morgan fingerprint density at radius 3 is 2.31 bits per heavy atom. The van der Waals surface area contributed by atoms with Crippen LogP contribution in [0.4, 0.5) is 11.4 Å². The van der Waals surface area contributed by atoms with Crippen LogP contribution in [0.15, 0.2) is 54.6 Å². The van der Waals surface area contributed by atoms with Crippen molar-refractivity contribution in [3.63, 3.8) is 0 Å². The average molecular weight is 371 g/mol. The van der Waals surface area contributed by atoms with Crippen LogP contribution in [0.3, 0.4) is 0 Å². The first-order chi connectivity index (χ1) is 11.9. The summed E-state index contributed by atoms with van der Waals surface area (Å²) in [5.41, 5.74) is 6.25. The molecular formula is C22H27ClN2O. The van der Waals surface area contributed by atoms with Crippen LogP contribution in [0.25, 0.3) is 6.08 Å². The predicted octanol–water partition coefficient (Wildman–Crippen LogP) is 0.838. The topological polar surface area (TPSA) is 26.5 Å². The van der Waals surface area contributed by atoms with E-state index in [1.807, 2.05) is 11.9 Å². The molecule has 1 aliphatic rings. The van der Waals surface area contributed by atoms with Crippen molar-refractivity contribution in [2.24, 2.45) is 0 Å². The van der Waals surface area contributed by atoms with Crippen LogP contribution < -0.4 is 17.3 Å². The van der Waals surface area contributed by atoms with E-state index in [0.29, 0.717) is 6.54 Å². The standard InChI is InChI=1S/C22H27N2O.ClH/c1-22(2)19-7-5-6-8-20(19)24(4)21(22)14-11-17-9-12-18(13-10-17)23(3)15-16-25;/h5-14,25H,15-16H2,1-4H3;1H/q+1;/p-1. The Kier molecular flexibility index (Phi) is 6.27. The van der Waals surface area contributed by atoms with E-state index in [1.165, 1.54) is 22.5 Å². The molecule has 0 amide bonds. The van der Waals surface area contributed by atoms with E-state index < -0.39 is 0 Å². The molecule has 138 valence electrons. The average Bonchev–Trinajstić information content (AvgIpc) is 2.81. The minimum atomic E-state index is 0. The van der Waals surface area contributed by atoms with E-state index in [2.05, 4.69) is 86.2 Å². The lowest BCUT2D eigenvalue weighted by molar-refractivity contribution is -0.401. The van der Waals surface area contributed by atoms with Gasteiger partial charge in [0.15, 0.2) is 5.71 Å². The number of aliphatic hydroxyl groups is 1. The number of allylic oxidation sites excluding steroid dienone is 1. The molecule has 2 aromatic rings. The summed E-state index contributed by atoms with van der Waals surface area (Å²) in [6, 6.07) is 17.0. The lowest BCUT2D eigenvalue weighted by atomic mass is 9.81. The molecule has 0 spiro atoms. The molecule has 0 saturated heterocycles. The zero-order valence-corrected chi connectivity index (χ0v) is 16.7. The molecule has 2 aromatic carbocycles. The summed E-state index contributed by atoms with van der Waals surface area (Å²) in [4.78, 5) is 2.05. The SMILES string of the molecule is CN(CCO)c1ccc(C=CC2=[N+](C)c3ccccc3C2(C)C)cc1.[Cl-]. The first-order valence-electron chi connectivity index (χ1n) is 8.76. The second-order valence-corrected chi connectivity index (χ2v) is 7.16. The Balaban J connectivity index is 0.00000243. The molecular weight excluding hydrogens is 344 g/mol. The van der Waals surface area contributed by atoms with Crippen molar-refractivity contribution in [3.05, 3.63) is 65.7 Å². The highest BCUT2D eigenvalue weighted by Crippen LogP contribution is 2.39. The fourth-order valence-corrected chi connectivity index (χ4v) is 3.60. The van der Waals surface area contributed by atoms with E-state index in [-0.39, 0.29) is 24.4 Å². The number of para-hydroxylation sites is 1. The van der Waals surface area contributed by atoms with Crippen molar-refractivity contribution in [2.45, 2.75) is 19.3 Å². The van der Waals surface area contributed by atoms with Gasteiger partial charge in [0, 0.05) is 37.0 Å². The van der Waals surface area contributed by atoms with Crippen LogP contribution >= 0.6 is 0 Å². The van der Waals surface area contributed by atoms with E-state index in [4.69, 9.17) is 5.11 Å². The number of fused-ring (bicyclic) bond motifs is 1. The number of benzene rings is 2. The van der Waals surface area contributed by atoms with E-state index in [1.54, 1.807) is 0 Å². The fraction of sp³-hybridized carbons (Fsp3) is 0.318. The number of anilines is 1. The smallest absolute Gasteiger partial charge is 0.209 e. The second-order valence-electron chi connectivity index (χ2n) is 7.16. The molecule has 26 heavy (non-hydrogen) atoms. The minimum absolute atomic E-state index is 0. The van der Waals surface area contributed by atoms with Gasteiger partial charge in [-0.15, -0.1) is 0 Å². The number of rotatable bonds is 5. The Labute approximate surface area is 162 Å². The maximum absolute atomic E-state index is 9.05. The maximum Gasteiger partial charge on any atom is 0.209 e. The van der Waals surface area contributed by atoms with Gasteiger partial charge in [0.1, 0.15) is 7.05 Å². The maximum atomic E-state index is 9.05. The quantitative estimate of drug-likeness (QED) is 0.789. The summed E-state index contributed by atoms with van der Waals surface area (Å²) < 4.78 is 2.29. The zero-order valence-electron chi connectivity index (χ0n) is 15.9. The van der Waals surface area contributed by atoms with Gasteiger partial charge in [0.2, 0.25) is 5.69 Å². The van der Waals surface area contributed by atoms with Crippen molar-refractivity contribution in [1.29, 1.82) is 0 Å². The largest absolute Gasteiger partial charge is 1.00 e. The Hall–Kier alpha value is -2.10. The van der Waals surface area contributed by atoms with Crippen LogP contribution in [-0.2, 0) is 5.41 Å². The normalized spacial score (nSPS) is 15.1. The molecule has 3 nitrogen and oxygen atoms in total. The van der Waals surface area contributed by atoms with Gasteiger partial charge in [-0.25, -0.2) is 0 Å². The summed E-state index contributed by atoms with van der Waals surface area (Å²) in [7, 11) is 4.13. The van der Waals surface area contributed by atoms with Gasteiger partial charge >= 0.3 is 0 Å². The molecule has 0 fully saturated rings. The molecule has 1 aliphatic heterocycles. The van der Waals surface area contributed by atoms with Crippen molar-refractivity contribution in [2.75, 3.05) is 32.1 Å². The van der Waals surface area contributed by atoms with E-state index >= 15 is 0 Å². The van der Waals surface area contributed by atoms with Crippen LogP contribution in [0, 0.1) is 0 Å². The zero-order chi connectivity index (χ0) is 18.0. The summed E-state index contributed by atoms with van der Waals surface area (Å²) >= 11 is 0. The number of hydrogen-bond acceptors (Lipinski definition) is 2. The Bertz CT molecular complexity index is 822. The van der Waals surface area contributed by atoms with Gasteiger partial charge in [-0.1, -0.05) is 30.3 Å². The highest BCUT2D eigenvalue weighted by Gasteiger charge is 2.42. The lowest BCUT2D eigenvalue weighted by Gasteiger charge is -2.17. The summed E-state index contributed by atoms with van der Waals surface area (Å²) in [5.74, 6) is 0. The number of nitrogens with zero attached hydrogens (tertiary/aromatic N) is 2. The van der Waals surface area contributed by atoms with Crippen molar-refractivity contribution in [1.82, 2.24) is 0 Å². The fourth-order valence-electron chi connectivity index (χ4n) is 3.60. The summed E-state index contributed by atoms with van der Waals surface area (Å²) in [6.45, 7) is 5.37. The lowest BCUT2D eigenvalue weighted by Crippen LogP contribution is -3.00. The molecule has 0 aliphatic carbocycles. The van der Waals surface area contributed by atoms with Crippen molar-refractivity contribution in [3.8, 4) is 0 Å². The van der Waals surface area contributed by atoms with Crippen molar-refractivity contribution < 1.29 is 22.1 Å². The predicted molar refractivity (Wildman–Crippen MR) is 106 cm³/mol. The first-order valence-corrected chi connectivity index (χ1v) is 8.76. The number of hydrogen-bond donors (Lipinski definition) is 1. The van der Waals surface area contributed by atoms with E-state index in [0.717, 1.165) is 5.69 Å². The van der Waals surface area contributed by atoms with Gasteiger partial charge in [0.25, 0.3) is 0 Å². The third-order valence-electron chi connectivity index (χ3n) is 5.14. The van der Waals surface area contributed by atoms with Crippen LogP contribution in [0.1, 0.15) is 25.0 Å². The van der Waals surface area contributed by atoms with E-state index in [9.17, 15) is 0 Å². The monoisotopic (exact) mass is 370 g/mol. The van der Waals surface area contributed by atoms with Gasteiger partial charge in [-0.3, -0.25) is 0 Å². The molecule has 0 aromatic heterocycles. The molecule has 0 atom stereocenters. The van der Waals surface area contributed by atoms with Gasteiger partial charge in [-0.05, 0) is 37.6 Å². The molecule has 0 radical (unpaired) electrons. The van der Waals surface area contributed by atoms with Crippen molar-refractivity contribution >= 4 is 23.2 Å². The van der Waals surface area contributed by atoms with Gasteiger partial charge in [0.05, 0.1) is 12.0 Å². The van der Waals surface area contributed by atoms with Crippen LogP contribution in [-0.4, -0.2) is 42.6 Å². The molecule has 1 N–H and O–H groups in total. The molecule has 3 rings (SSSR count). The number of aliphatic hydroxyl groups excluding tert-OH is 1. The number of likely N-dealkylation sites (N-methyl/N-ethyl adjacent to an activating group) is 1. The molecule has 0 saturated carbocycles. The summed E-state index contributed by atoms with van der Waals surface area (Å²) in [6.07, 6.45) is 4.40. The van der Waals surface area contributed by atoms with Crippen LogP contribution in [0.5, 0.6) is 0 Å². The first kappa shape index (κ1) is 20.2. The van der Waals surface area contributed by atoms with Gasteiger partial charge in [-0.2, -0.15) is 4.58 Å². The Morgan fingerprint density at radius 2 is 1.69 bits per heavy atom. The summed E-state index contributed by atoms with van der Waals surface area (Å²) in [5, 5.41) is 9.05. The third kappa shape index (κ3) is 3.69. The highest BCUT2D eigenvalue weighted by atomic mass is 35.5. The Morgan fingerprint density at radius 1 is 1.04 bits per heavy atom. The molecule has 0 bridgehead atoms. The molecule has 1 heterocycles. The minimum Gasteiger partial charge on any atom is -1.00 e. The van der Waals surface area contributed by atoms with Crippen LogP contribution in [0.2, 0.25) is 0 Å². The van der Waals surface area contributed by atoms with Gasteiger partial charge < -0.3 is 22.4 Å². The molecule has 0 unspecified atom stereocenters. The number of halogens is 1.